The van der Waals surface area contributed by atoms with Crippen molar-refractivity contribution in [3.63, 3.8) is 0 Å². The zero-order chi connectivity index (χ0) is 14.6. The first-order valence-corrected chi connectivity index (χ1v) is 6.69. The highest BCUT2D eigenvalue weighted by Gasteiger charge is 2.34. The molecule has 1 aromatic heterocycles. The molecule has 0 aliphatic rings. The van der Waals surface area contributed by atoms with E-state index in [0.717, 1.165) is 16.2 Å². The van der Waals surface area contributed by atoms with E-state index in [1.165, 1.54) is 12.1 Å². The van der Waals surface area contributed by atoms with Gasteiger partial charge in [-0.3, -0.25) is 4.98 Å². The molecular weight excluding hydrogens is 331 g/mol. The first-order valence-electron chi connectivity index (χ1n) is 5.90. The molecule has 0 spiro atoms. The van der Waals surface area contributed by atoms with E-state index in [-0.39, 0.29) is 12.0 Å². The van der Waals surface area contributed by atoms with E-state index >= 15 is 0 Å². The lowest BCUT2D eigenvalue weighted by molar-refractivity contribution is -0.141. The second-order valence-corrected chi connectivity index (χ2v) is 5.08. The normalized spacial score (nSPS) is 12.0. The Hall–Kier alpha value is -1.62. The van der Waals surface area contributed by atoms with Gasteiger partial charge in [0.1, 0.15) is 5.69 Å². The van der Waals surface area contributed by atoms with Gasteiger partial charge in [0.2, 0.25) is 0 Å². The van der Waals surface area contributed by atoms with Crippen LogP contribution in [0.2, 0.25) is 0 Å². The lowest BCUT2D eigenvalue weighted by Gasteiger charge is -2.09. The number of rotatable bonds is 3. The van der Waals surface area contributed by atoms with Crippen LogP contribution in [0.5, 0.6) is 0 Å². The predicted octanol–water partition coefficient (Wildman–Crippen LogP) is 5.12. The van der Waals surface area contributed by atoms with Gasteiger partial charge in [0.25, 0.3) is 0 Å². The number of halogens is 4. The van der Waals surface area contributed by atoms with Gasteiger partial charge >= 0.3 is 6.18 Å². The van der Waals surface area contributed by atoms with Gasteiger partial charge < -0.3 is 0 Å². The third-order valence-electron chi connectivity index (χ3n) is 2.68. The van der Waals surface area contributed by atoms with Crippen LogP contribution in [0.15, 0.2) is 53.1 Å². The average molecular weight is 342 g/mol. The summed E-state index contributed by atoms with van der Waals surface area (Å²) in [6.07, 6.45) is 0.431. The molecule has 0 saturated carbocycles. The first-order chi connectivity index (χ1) is 9.47. The van der Waals surface area contributed by atoms with Crippen molar-refractivity contribution in [1.82, 2.24) is 4.98 Å². The minimum Gasteiger partial charge on any atom is -0.251 e. The molecule has 0 aliphatic carbocycles. The maximum Gasteiger partial charge on any atom is 0.433 e. The topological polar surface area (TPSA) is 12.9 Å². The SMILES string of the molecule is FC(F)(F)c1ncccc1CC=Cc1ccc(Br)cc1. The molecule has 0 bridgehead atoms. The Morgan fingerprint density at radius 1 is 1.10 bits per heavy atom. The monoisotopic (exact) mass is 341 g/mol. The molecule has 5 heteroatoms. The van der Waals surface area contributed by atoms with Crippen molar-refractivity contribution in [3.05, 3.63) is 70.0 Å². The molecule has 0 atom stereocenters. The van der Waals surface area contributed by atoms with E-state index in [1.807, 2.05) is 24.3 Å². The molecule has 1 nitrogen and oxygen atoms in total. The largest absolute Gasteiger partial charge is 0.433 e. The summed E-state index contributed by atoms with van der Waals surface area (Å²) in [6.45, 7) is 0. The van der Waals surface area contributed by atoms with Crippen molar-refractivity contribution in [2.45, 2.75) is 12.6 Å². The van der Waals surface area contributed by atoms with Crippen molar-refractivity contribution >= 4 is 22.0 Å². The van der Waals surface area contributed by atoms with Crippen molar-refractivity contribution in [2.24, 2.45) is 0 Å². The van der Waals surface area contributed by atoms with Gasteiger partial charge in [0.15, 0.2) is 0 Å². The fourth-order valence-corrected chi connectivity index (χ4v) is 2.02. The van der Waals surface area contributed by atoms with Crippen LogP contribution in [0.1, 0.15) is 16.8 Å². The maximum atomic E-state index is 12.8. The average Bonchev–Trinajstić information content (AvgIpc) is 2.40. The van der Waals surface area contributed by atoms with Crippen LogP contribution in [0.3, 0.4) is 0 Å². The number of allylic oxidation sites excluding steroid dienone is 1. The Balaban J connectivity index is 2.13. The van der Waals surface area contributed by atoms with Crippen LogP contribution in [0.4, 0.5) is 13.2 Å². The molecule has 1 heterocycles. The van der Waals surface area contributed by atoms with Gasteiger partial charge in [0, 0.05) is 10.7 Å². The zero-order valence-electron chi connectivity index (χ0n) is 10.4. The predicted molar refractivity (Wildman–Crippen MR) is 76.1 cm³/mol. The van der Waals surface area contributed by atoms with E-state index < -0.39 is 11.9 Å². The fourth-order valence-electron chi connectivity index (χ4n) is 1.75. The summed E-state index contributed by atoms with van der Waals surface area (Å²) in [5.74, 6) is 0. The Labute approximate surface area is 123 Å². The molecule has 0 fully saturated rings. The number of aromatic nitrogens is 1. The van der Waals surface area contributed by atoms with Gasteiger partial charge in [-0.05, 0) is 35.7 Å². The second kappa shape index (κ2) is 6.22. The van der Waals surface area contributed by atoms with E-state index in [4.69, 9.17) is 0 Å². The maximum absolute atomic E-state index is 12.8. The Morgan fingerprint density at radius 2 is 1.80 bits per heavy atom. The third kappa shape index (κ3) is 3.93. The van der Waals surface area contributed by atoms with Crippen LogP contribution < -0.4 is 0 Å². The molecule has 0 saturated heterocycles. The minimum atomic E-state index is -4.41. The lowest BCUT2D eigenvalue weighted by Crippen LogP contribution is -2.11. The highest BCUT2D eigenvalue weighted by atomic mass is 79.9. The second-order valence-electron chi connectivity index (χ2n) is 4.17. The highest BCUT2D eigenvalue weighted by molar-refractivity contribution is 9.10. The molecule has 0 radical (unpaired) electrons. The first kappa shape index (κ1) is 14.8. The lowest BCUT2D eigenvalue weighted by atomic mass is 10.1. The molecule has 2 aromatic rings. The Bertz CT molecular complexity index is 603. The molecule has 0 N–H and O–H groups in total. The molecule has 0 aliphatic heterocycles. The third-order valence-corrected chi connectivity index (χ3v) is 3.21. The number of benzene rings is 1. The number of hydrogen-bond donors (Lipinski definition) is 0. The summed E-state index contributed by atoms with van der Waals surface area (Å²) in [5, 5.41) is 0. The van der Waals surface area contributed by atoms with Crippen LogP contribution >= 0.6 is 15.9 Å². The number of hydrogen-bond acceptors (Lipinski definition) is 1. The molecule has 0 amide bonds. The molecule has 1 aromatic carbocycles. The number of pyridine rings is 1. The van der Waals surface area contributed by atoms with Crippen LogP contribution in [0, 0.1) is 0 Å². The van der Waals surface area contributed by atoms with Gasteiger partial charge in [0.05, 0.1) is 0 Å². The van der Waals surface area contributed by atoms with Crippen molar-refractivity contribution in [3.8, 4) is 0 Å². The van der Waals surface area contributed by atoms with Gasteiger partial charge in [-0.15, -0.1) is 0 Å². The van der Waals surface area contributed by atoms with Crippen LogP contribution in [0.25, 0.3) is 6.08 Å². The smallest absolute Gasteiger partial charge is 0.251 e. The van der Waals surface area contributed by atoms with E-state index in [9.17, 15) is 13.2 Å². The van der Waals surface area contributed by atoms with E-state index in [1.54, 1.807) is 12.2 Å². The quantitative estimate of drug-likeness (QED) is 0.755. The highest BCUT2D eigenvalue weighted by Crippen LogP contribution is 2.30. The van der Waals surface area contributed by atoms with Gasteiger partial charge in [-0.2, -0.15) is 13.2 Å². The number of nitrogens with zero attached hydrogens (tertiary/aromatic N) is 1. The van der Waals surface area contributed by atoms with Crippen molar-refractivity contribution < 1.29 is 13.2 Å². The van der Waals surface area contributed by atoms with Crippen LogP contribution in [-0.4, -0.2) is 4.98 Å². The summed E-state index contributed by atoms with van der Waals surface area (Å²) in [5.41, 5.74) is 0.291. The van der Waals surface area contributed by atoms with E-state index in [0.29, 0.717) is 0 Å². The zero-order valence-corrected chi connectivity index (χ0v) is 11.9. The van der Waals surface area contributed by atoms with Crippen molar-refractivity contribution in [1.29, 1.82) is 0 Å². The minimum absolute atomic E-state index is 0.174. The standard InChI is InChI=1S/C15H11BrF3N/c16-13-8-6-11(7-9-13)3-1-4-12-5-2-10-20-14(12)15(17,18)19/h1-3,5-10H,4H2. The molecular formula is C15H11BrF3N. The summed E-state index contributed by atoms with van der Waals surface area (Å²) >= 11 is 3.32. The summed E-state index contributed by atoms with van der Waals surface area (Å²) in [7, 11) is 0. The number of alkyl halides is 3. The molecule has 0 unspecified atom stereocenters. The molecule has 2 rings (SSSR count). The Kier molecular flexibility index (Phi) is 4.60. The van der Waals surface area contributed by atoms with E-state index in [2.05, 4.69) is 20.9 Å². The summed E-state index contributed by atoms with van der Waals surface area (Å²) < 4.78 is 39.2. The summed E-state index contributed by atoms with van der Waals surface area (Å²) in [6, 6.07) is 10.5. The summed E-state index contributed by atoms with van der Waals surface area (Å²) in [4.78, 5) is 3.42. The Morgan fingerprint density at radius 3 is 2.45 bits per heavy atom. The molecule has 104 valence electrons. The fraction of sp³-hybridized carbons (Fsp3) is 0.133. The van der Waals surface area contributed by atoms with Gasteiger partial charge in [-0.25, -0.2) is 0 Å². The van der Waals surface area contributed by atoms with Crippen LogP contribution in [-0.2, 0) is 12.6 Å². The van der Waals surface area contributed by atoms with Gasteiger partial charge in [-0.1, -0.05) is 46.3 Å². The molecule has 20 heavy (non-hydrogen) atoms. The van der Waals surface area contributed by atoms with Crippen molar-refractivity contribution in [2.75, 3.05) is 0 Å².